The number of fused-ring (bicyclic) bond motifs is 2. The Kier molecular flexibility index (Phi) is 6.46. The number of nitrogens with one attached hydrogen (secondary N) is 2. The molecule has 0 aliphatic heterocycles. The van der Waals surface area contributed by atoms with Crippen molar-refractivity contribution in [3.63, 3.8) is 0 Å². The number of thiazole rings is 1. The van der Waals surface area contributed by atoms with Gasteiger partial charge in [0, 0.05) is 32.6 Å². The van der Waals surface area contributed by atoms with E-state index in [-0.39, 0.29) is 23.1 Å². The van der Waals surface area contributed by atoms with E-state index in [0.29, 0.717) is 10.3 Å². The highest BCUT2D eigenvalue weighted by Crippen LogP contribution is 2.36. The van der Waals surface area contributed by atoms with Gasteiger partial charge in [0.1, 0.15) is 10.5 Å². The first-order valence-electron chi connectivity index (χ1n) is 11.5. The van der Waals surface area contributed by atoms with Gasteiger partial charge in [0.25, 0.3) is 0 Å². The molecule has 0 bridgehead atoms. The summed E-state index contributed by atoms with van der Waals surface area (Å²) >= 11 is 0.928. The van der Waals surface area contributed by atoms with Crippen molar-refractivity contribution in [1.29, 1.82) is 0 Å². The number of aryl methyl sites for hydroxylation is 1. The number of carbonyl (C=O) groups is 2. The molecular formula is C24H25FN6O4S2. The Morgan fingerprint density at radius 3 is 2.68 bits per heavy atom. The van der Waals surface area contributed by atoms with Gasteiger partial charge in [-0.3, -0.25) is 14.3 Å². The van der Waals surface area contributed by atoms with Gasteiger partial charge in [0.05, 0.1) is 23.0 Å². The predicted octanol–water partition coefficient (Wildman–Crippen LogP) is 2.32. The van der Waals surface area contributed by atoms with Gasteiger partial charge in [-0.05, 0) is 42.2 Å². The van der Waals surface area contributed by atoms with Crippen LogP contribution >= 0.6 is 11.3 Å². The second kappa shape index (κ2) is 9.47. The van der Waals surface area contributed by atoms with Gasteiger partial charge in [0.15, 0.2) is 5.82 Å². The number of hydrogen-bond donors (Lipinski definition) is 2. The summed E-state index contributed by atoms with van der Waals surface area (Å²) in [5.74, 6) is -1.94. The largest absolute Gasteiger partial charge is 0.352 e. The van der Waals surface area contributed by atoms with Crippen LogP contribution in [0, 0.1) is 5.82 Å². The molecule has 2 aromatic carbocycles. The Hall–Kier alpha value is -3.42. The van der Waals surface area contributed by atoms with Crippen molar-refractivity contribution < 1.29 is 22.4 Å². The van der Waals surface area contributed by atoms with Crippen molar-refractivity contribution in [2.45, 2.75) is 24.1 Å². The van der Waals surface area contributed by atoms with E-state index < -0.39 is 32.9 Å². The number of aromatic nitrogens is 3. The molecule has 2 N–H and O–H groups in total. The molecule has 1 fully saturated rings. The third kappa shape index (κ3) is 4.93. The molecule has 1 unspecified atom stereocenters. The zero-order valence-corrected chi connectivity index (χ0v) is 22.0. The maximum atomic E-state index is 15.2. The average Bonchev–Trinajstić information content (AvgIpc) is 3.43. The zero-order valence-electron chi connectivity index (χ0n) is 20.4. The second-order valence-electron chi connectivity index (χ2n) is 9.17. The van der Waals surface area contributed by atoms with Gasteiger partial charge in [-0.1, -0.05) is 12.1 Å². The lowest BCUT2D eigenvalue weighted by atomic mass is 10.0. The predicted molar refractivity (Wildman–Crippen MR) is 139 cm³/mol. The molecule has 10 nitrogen and oxygen atoms in total. The second-order valence-corrected chi connectivity index (χ2v) is 12.5. The molecule has 1 atom stereocenters. The monoisotopic (exact) mass is 544 g/mol. The van der Waals surface area contributed by atoms with Crippen molar-refractivity contribution in [3.8, 4) is 11.1 Å². The fourth-order valence-electron chi connectivity index (χ4n) is 3.96. The fraction of sp³-hybridized carbons (Fsp3) is 0.333. The summed E-state index contributed by atoms with van der Waals surface area (Å²) in [6, 6.07) is 8.79. The summed E-state index contributed by atoms with van der Waals surface area (Å²) in [6.07, 6.45) is 3.50. The van der Waals surface area contributed by atoms with Crippen molar-refractivity contribution in [2.75, 3.05) is 20.6 Å². The van der Waals surface area contributed by atoms with Gasteiger partial charge >= 0.3 is 0 Å². The van der Waals surface area contributed by atoms with Crippen LogP contribution in [0.1, 0.15) is 23.1 Å². The molecular weight excluding hydrogens is 519 g/mol. The number of amides is 2. The summed E-state index contributed by atoms with van der Waals surface area (Å²) in [4.78, 5) is 29.3. The van der Waals surface area contributed by atoms with Crippen LogP contribution in [0.25, 0.3) is 32.2 Å². The number of nitrogens with zero attached hydrogens (tertiary/aromatic N) is 4. The summed E-state index contributed by atoms with van der Waals surface area (Å²) in [7, 11) is 0.230. The quantitative estimate of drug-likeness (QED) is 0.351. The normalized spacial score (nSPS) is 14.8. The number of carbonyl (C=O) groups excluding carboxylic acids is 2. The lowest BCUT2D eigenvalue weighted by Crippen LogP contribution is -2.43. The molecule has 1 saturated carbocycles. The maximum Gasteiger partial charge on any atom is 0.247 e. The van der Waals surface area contributed by atoms with Gasteiger partial charge in [-0.25, -0.2) is 22.1 Å². The van der Waals surface area contributed by atoms with Crippen molar-refractivity contribution in [1.82, 2.24) is 29.7 Å². The number of rotatable bonds is 8. The molecule has 13 heteroatoms. The van der Waals surface area contributed by atoms with Crippen molar-refractivity contribution in [3.05, 3.63) is 47.4 Å². The Balaban J connectivity index is 1.50. The van der Waals surface area contributed by atoms with E-state index in [2.05, 4.69) is 20.7 Å². The highest BCUT2D eigenvalue weighted by molar-refractivity contribution is 7.90. The van der Waals surface area contributed by atoms with E-state index in [1.807, 2.05) is 25.2 Å². The van der Waals surface area contributed by atoms with Crippen LogP contribution in [0.15, 0.2) is 36.5 Å². The molecule has 37 heavy (non-hydrogen) atoms. The summed E-state index contributed by atoms with van der Waals surface area (Å²) in [6.45, 7) is -0.366. The lowest BCUT2D eigenvalue weighted by Gasteiger charge is -2.19. The zero-order chi connectivity index (χ0) is 26.5. The van der Waals surface area contributed by atoms with Crippen LogP contribution in [0.3, 0.4) is 0 Å². The Morgan fingerprint density at radius 1 is 1.22 bits per heavy atom. The molecule has 4 aromatic rings. The van der Waals surface area contributed by atoms with Crippen LogP contribution in [-0.2, 0) is 26.7 Å². The summed E-state index contributed by atoms with van der Waals surface area (Å²) < 4.78 is 44.5. The molecule has 1 aliphatic carbocycles. The Bertz CT molecular complexity index is 1640. The number of halogens is 1. The number of sulfonamides is 1. The molecule has 0 spiro atoms. The van der Waals surface area contributed by atoms with Gasteiger partial charge in [0.2, 0.25) is 27.1 Å². The minimum absolute atomic E-state index is 0.0245. The molecule has 194 valence electrons. The molecule has 2 amide bonds. The lowest BCUT2D eigenvalue weighted by molar-refractivity contribution is -0.126. The van der Waals surface area contributed by atoms with E-state index in [1.54, 1.807) is 16.9 Å². The SMILES string of the molecule is CN(C)S(=O)(=O)C(C(=O)NCC(=O)NC1CC1)c1nc2c(F)cc(-c3ccc4cnn(C)c4c3)cc2s1. The van der Waals surface area contributed by atoms with Gasteiger partial charge in [-0.2, -0.15) is 5.10 Å². The standard InChI is InChI=1S/C24H25FN6O4S2/c1-30(2)37(34,35)22(23(33)26-12-20(32)28-16-6-7-16)24-29-21-17(25)8-15(10-19(21)36-24)13-4-5-14-11-27-31(3)18(14)9-13/h4-5,8-11,16,22H,6-7,12H2,1-3H3,(H,26,33)(H,28,32). The number of hydrogen-bond acceptors (Lipinski definition) is 7. The van der Waals surface area contributed by atoms with E-state index in [9.17, 15) is 18.0 Å². The molecule has 5 rings (SSSR count). The van der Waals surface area contributed by atoms with Crippen LogP contribution in [0.2, 0.25) is 0 Å². The van der Waals surface area contributed by atoms with E-state index in [1.165, 1.54) is 20.2 Å². The first kappa shape index (κ1) is 25.2. The van der Waals surface area contributed by atoms with E-state index in [0.717, 1.165) is 45.0 Å². The molecule has 0 radical (unpaired) electrons. The smallest absolute Gasteiger partial charge is 0.247 e. The minimum atomic E-state index is -4.19. The molecule has 2 aromatic heterocycles. The first-order chi connectivity index (χ1) is 17.5. The first-order valence-corrected chi connectivity index (χ1v) is 13.9. The van der Waals surface area contributed by atoms with Gasteiger partial charge in [-0.15, -0.1) is 11.3 Å². The van der Waals surface area contributed by atoms with Crippen molar-refractivity contribution >= 4 is 54.3 Å². The van der Waals surface area contributed by atoms with Gasteiger partial charge < -0.3 is 10.6 Å². The van der Waals surface area contributed by atoms with Crippen LogP contribution in [0.4, 0.5) is 4.39 Å². The number of benzene rings is 2. The molecule has 2 heterocycles. The van der Waals surface area contributed by atoms with E-state index in [4.69, 9.17) is 0 Å². The highest BCUT2D eigenvalue weighted by atomic mass is 32.2. The fourth-order valence-corrected chi connectivity index (χ4v) is 6.55. The van der Waals surface area contributed by atoms with Crippen LogP contribution in [0.5, 0.6) is 0 Å². The van der Waals surface area contributed by atoms with Crippen LogP contribution < -0.4 is 10.6 Å². The average molecular weight is 545 g/mol. The van der Waals surface area contributed by atoms with Crippen molar-refractivity contribution in [2.24, 2.45) is 7.05 Å². The Labute approximate surface area is 216 Å². The third-order valence-corrected chi connectivity index (χ3v) is 9.45. The Morgan fingerprint density at radius 2 is 1.97 bits per heavy atom. The summed E-state index contributed by atoms with van der Waals surface area (Å²) in [5, 5.41) is 8.49. The summed E-state index contributed by atoms with van der Waals surface area (Å²) in [5.41, 5.74) is 2.19. The topological polar surface area (TPSA) is 126 Å². The highest BCUT2D eigenvalue weighted by Gasteiger charge is 2.39. The van der Waals surface area contributed by atoms with E-state index >= 15 is 4.39 Å². The van der Waals surface area contributed by atoms with Crippen LogP contribution in [-0.4, -0.2) is 66.0 Å². The minimum Gasteiger partial charge on any atom is -0.352 e. The maximum absolute atomic E-state index is 15.2. The molecule has 0 saturated heterocycles. The third-order valence-electron chi connectivity index (χ3n) is 6.18. The molecule has 1 aliphatic rings.